The van der Waals surface area contributed by atoms with Crippen molar-refractivity contribution in [3.63, 3.8) is 0 Å². The van der Waals surface area contributed by atoms with E-state index in [1.54, 1.807) is 7.05 Å². The first-order valence-corrected chi connectivity index (χ1v) is 5.25. The number of nitrogens with one attached hydrogen (secondary N) is 1. The van der Waals surface area contributed by atoms with Crippen LogP contribution in [0.15, 0.2) is 12.4 Å². The van der Waals surface area contributed by atoms with E-state index in [0.717, 1.165) is 25.2 Å². The van der Waals surface area contributed by atoms with E-state index in [1.165, 1.54) is 4.68 Å². The van der Waals surface area contributed by atoms with Crippen LogP contribution < -0.4 is 5.32 Å². The SMILES string of the molecule is CCCC(CNC)n1cc(C(F)(F)F)cn1. The molecule has 0 radical (unpaired) electrons. The third kappa shape index (κ3) is 3.23. The number of likely N-dealkylation sites (N-methyl/N-ethyl adjacent to an activating group) is 1. The van der Waals surface area contributed by atoms with Gasteiger partial charge in [-0.2, -0.15) is 18.3 Å². The van der Waals surface area contributed by atoms with Crippen LogP contribution in [0.5, 0.6) is 0 Å². The van der Waals surface area contributed by atoms with E-state index in [2.05, 4.69) is 10.4 Å². The second-order valence-electron chi connectivity index (χ2n) is 3.71. The molecule has 1 aromatic rings. The molecule has 0 fully saturated rings. The Balaban J connectivity index is 2.81. The van der Waals surface area contributed by atoms with Crippen LogP contribution in [0.2, 0.25) is 0 Å². The Morgan fingerprint density at radius 1 is 1.50 bits per heavy atom. The van der Waals surface area contributed by atoms with Crippen LogP contribution in [0.4, 0.5) is 13.2 Å². The van der Waals surface area contributed by atoms with E-state index in [9.17, 15) is 13.2 Å². The van der Waals surface area contributed by atoms with Gasteiger partial charge in [0.15, 0.2) is 0 Å². The van der Waals surface area contributed by atoms with Gasteiger partial charge in [-0.1, -0.05) is 13.3 Å². The largest absolute Gasteiger partial charge is 0.419 e. The first kappa shape index (κ1) is 13.0. The summed E-state index contributed by atoms with van der Waals surface area (Å²) in [4.78, 5) is 0. The molecular weight excluding hydrogens is 219 g/mol. The standard InChI is InChI=1S/C10H16F3N3/c1-3-4-9(6-14-2)16-7-8(5-15-16)10(11,12)13/h5,7,9,14H,3-4,6H2,1-2H3. The zero-order chi connectivity index (χ0) is 12.2. The second kappa shape index (κ2) is 5.34. The van der Waals surface area contributed by atoms with Gasteiger partial charge in [-0.25, -0.2) is 0 Å². The maximum Gasteiger partial charge on any atom is 0.419 e. The van der Waals surface area contributed by atoms with Crippen molar-refractivity contribution in [2.45, 2.75) is 32.0 Å². The minimum absolute atomic E-state index is 0.0221. The van der Waals surface area contributed by atoms with Gasteiger partial charge in [-0.05, 0) is 13.5 Å². The average Bonchev–Trinajstić information content (AvgIpc) is 2.65. The normalized spacial score (nSPS) is 14.1. The maximum atomic E-state index is 12.4. The van der Waals surface area contributed by atoms with Gasteiger partial charge in [0.1, 0.15) is 0 Å². The molecule has 1 rings (SSSR count). The monoisotopic (exact) mass is 235 g/mol. The number of hydrogen-bond donors (Lipinski definition) is 1. The summed E-state index contributed by atoms with van der Waals surface area (Å²) in [5, 5.41) is 6.73. The van der Waals surface area contributed by atoms with Crippen LogP contribution in [0.1, 0.15) is 31.4 Å². The smallest absolute Gasteiger partial charge is 0.318 e. The summed E-state index contributed by atoms with van der Waals surface area (Å²) in [6.07, 6.45) is -0.655. The van der Waals surface area contributed by atoms with E-state index in [0.29, 0.717) is 6.54 Å². The van der Waals surface area contributed by atoms with Gasteiger partial charge in [0, 0.05) is 12.7 Å². The lowest BCUT2D eigenvalue weighted by molar-refractivity contribution is -0.137. The van der Waals surface area contributed by atoms with Crippen molar-refractivity contribution < 1.29 is 13.2 Å². The number of nitrogens with zero attached hydrogens (tertiary/aromatic N) is 2. The van der Waals surface area contributed by atoms with Gasteiger partial charge in [-0.3, -0.25) is 4.68 Å². The Labute approximate surface area is 92.6 Å². The molecule has 0 saturated carbocycles. The lowest BCUT2D eigenvalue weighted by Crippen LogP contribution is -2.22. The molecule has 0 amide bonds. The molecular formula is C10H16F3N3. The highest BCUT2D eigenvalue weighted by atomic mass is 19.4. The molecule has 0 bridgehead atoms. The van der Waals surface area contributed by atoms with Crippen molar-refractivity contribution in [3.8, 4) is 0 Å². The Morgan fingerprint density at radius 3 is 2.62 bits per heavy atom. The van der Waals surface area contributed by atoms with E-state index in [-0.39, 0.29) is 6.04 Å². The maximum absolute atomic E-state index is 12.4. The summed E-state index contributed by atoms with van der Waals surface area (Å²) in [5.41, 5.74) is -0.690. The molecule has 1 heterocycles. The van der Waals surface area contributed by atoms with E-state index >= 15 is 0 Å². The lowest BCUT2D eigenvalue weighted by Gasteiger charge is -2.16. The fraction of sp³-hybridized carbons (Fsp3) is 0.700. The van der Waals surface area contributed by atoms with Crippen LogP contribution in [0.25, 0.3) is 0 Å². The summed E-state index contributed by atoms with van der Waals surface area (Å²) in [6, 6.07) is -0.0221. The molecule has 1 unspecified atom stereocenters. The Hall–Kier alpha value is -1.04. The molecule has 3 nitrogen and oxygen atoms in total. The first-order chi connectivity index (χ1) is 7.49. The zero-order valence-electron chi connectivity index (χ0n) is 9.38. The van der Waals surface area contributed by atoms with Crippen LogP contribution in [0.3, 0.4) is 0 Å². The highest BCUT2D eigenvalue weighted by molar-refractivity contribution is 5.08. The third-order valence-corrected chi connectivity index (χ3v) is 2.36. The molecule has 16 heavy (non-hydrogen) atoms. The number of alkyl halides is 3. The van der Waals surface area contributed by atoms with E-state index < -0.39 is 11.7 Å². The molecule has 0 saturated heterocycles. The highest BCUT2D eigenvalue weighted by Crippen LogP contribution is 2.29. The number of hydrogen-bond acceptors (Lipinski definition) is 2. The predicted octanol–water partition coefficient (Wildman–Crippen LogP) is 2.46. The van der Waals surface area contributed by atoms with Crippen molar-refractivity contribution in [2.24, 2.45) is 0 Å². The molecule has 1 N–H and O–H groups in total. The molecule has 6 heteroatoms. The van der Waals surface area contributed by atoms with Crippen LogP contribution in [0, 0.1) is 0 Å². The van der Waals surface area contributed by atoms with Crippen LogP contribution >= 0.6 is 0 Å². The Kier molecular flexibility index (Phi) is 4.35. The van der Waals surface area contributed by atoms with Gasteiger partial charge in [0.2, 0.25) is 0 Å². The van der Waals surface area contributed by atoms with Gasteiger partial charge >= 0.3 is 6.18 Å². The van der Waals surface area contributed by atoms with Gasteiger partial charge in [-0.15, -0.1) is 0 Å². The minimum atomic E-state index is -4.31. The summed E-state index contributed by atoms with van der Waals surface area (Å²) in [7, 11) is 1.77. The Bertz CT molecular complexity index is 313. The van der Waals surface area contributed by atoms with Crippen molar-refractivity contribution in [1.29, 1.82) is 0 Å². The minimum Gasteiger partial charge on any atom is -0.318 e. The Morgan fingerprint density at radius 2 is 2.19 bits per heavy atom. The number of halogens is 3. The molecule has 92 valence electrons. The van der Waals surface area contributed by atoms with Crippen LogP contribution in [-0.2, 0) is 6.18 Å². The number of aromatic nitrogens is 2. The summed E-state index contributed by atoms with van der Waals surface area (Å²) < 4.78 is 38.5. The van der Waals surface area contributed by atoms with Gasteiger partial charge < -0.3 is 5.32 Å². The topological polar surface area (TPSA) is 29.9 Å². The highest BCUT2D eigenvalue weighted by Gasteiger charge is 2.32. The van der Waals surface area contributed by atoms with Crippen LogP contribution in [-0.4, -0.2) is 23.4 Å². The summed E-state index contributed by atoms with van der Waals surface area (Å²) in [5.74, 6) is 0. The molecule has 1 atom stereocenters. The molecule has 0 spiro atoms. The van der Waals surface area contributed by atoms with Crippen molar-refractivity contribution in [3.05, 3.63) is 18.0 Å². The molecule has 0 aliphatic heterocycles. The van der Waals surface area contributed by atoms with E-state index in [1.807, 2.05) is 6.92 Å². The van der Waals surface area contributed by atoms with Gasteiger partial charge in [0.25, 0.3) is 0 Å². The lowest BCUT2D eigenvalue weighted by atomic mass is 10.1. The first-order valence-electron chi connectivity index (χ1n) is 5.25. The quantitative estimate of drug-likeness (QED) is 0.849. The van der Waals surface area contributed by atoms with E-state index in [4.69, 9.17) is 0 Å². The van der Waals surface area contributed by atoms with Gasteiger partial charge in [0.05, 0.1) is 17.8 Å². The molecule has 0 aromatic carbocycles. The molecule has 0 aliphatic carbocycles. The predicted molar refractivity (Wildman–Crippen MR) is 55.1 cm³/mol. The number of rotatable bonds is 5. The summed E-state index contributed by atoms with van der Waals surface area (Å²) in [6.45, 7) is 2.61. The molecule has 0 aliphatic rings. The second-order valence-corrected chi connectivity index (χ2v) is 3.71. The van der Waals surface area contributed by atoms with Crippen molar-refractivity contribution in [2.75, 3.05) is 13.6 Å². The third-order valence-electron chi connectivity index (χ3n) is 2.36. The van der Waals surface area contributed by atoms with Crippen molar-refractivity contribution in [1.82, 2.24) is 15.1 Å². The van der Waals surface area contributed by atoms with Crippen molar-refractivity contribution >= 4 is 0 Å². The fourth-order valence-electron chi connectivity index (χ4n) is 1.58. The fourth-order valence-corrected chi connectivity index (χ4v) is 1.58. The molecule has 1 aromatic heterocycles. The average molecular weight is 235 g/mol. The zero-order valence-corrected chi connectivity index (χ0v) is 9.38. The summed E-state index contributed by atoms with van der Waals surface area (Å²) >= 11 is 0.